The zero-order chi connectivity index (χ0) is 21.3. The van der Waals surface area contributed by atoms with Crippen LogP contribution < -0.4 is 5.32 Å². The second kappa shape index (κ2) is 8.80. The van der Waals surface area contributed by atoms with Crippen molar-refractivity contribution in [1.29, 1.82) is 0 Å². The molecule has 1 saturated carbocycles. The molecular formula is C23H23Cl2N3O2. The molecule has 1 heterocycles. The molecule has 1 aliphatic carbocycles. The van der Waals surface area contributed by atoms with Gasteiger partial charge in [0.2, 0.25) is 0 Å². The minimum Gasteiger partial charge on any atom is -0.393 e. The fraction of sp³-hybridized carbons (Fsp3) is 0.304. The van der Waals surface area contributed by atoms with Crippen molar-refractivity contribution < 1.29 is 9.90 Å². The summed E-state index contributed by atoms with van der Waals surface area (Å²) in [7, 11) is 0. The molecule has 0 spiro atoms. The third kappa shape index (κ3) is 4.24. The Bertz CT molecular complexity index is 1070. The predicted octanol–water partition coefficient (Wildman–Crippen LogP) is 5.19. The Morgan fingerprint density at radius 3 is 2.63 bits per heavy atom. The van der Waals surface area contributed by atoms with E-state index in [4.69, 9.17) is 28.2 Å². The lowest BCUT2D eigenvalue weighted by Gasteiger charge is -2.26. The first-order valence-electron chi connectivity index (χ1n) is 10.0. The second-order valence-corrected chi connectivity index (χ2v) is 8.50. The average molecular weight is 444 g/mol. The van der Waals surface area contributed by atoms with E-state index in [0.29, 0.717) is 33.5 Å². The normalized spacial score (nSPS) is 18.9. The number of aromatic nitrogens is 2. The van der Waals surface area contributed by atoms with Crippen LogP contribution in [0.4, 0.5) is 0 Å². The predicted molar refractivity (Wildman–Crippen MR) is 119 cm³/mol. The molecule has 1 fully saturated rings. The van der Waals surface area contributed by atoms with E-state index in [1.54, 1.807) is 12.1 Å². The van der Waals surface area contributed by atoms with Crippen molar-refractivity contribution in [2.75, 3.05) is 0 Å². The number of rotatable bonds is 4. The van der Waals surface area contributed by atoms with Gasteiger partial charge in [0.25, 0.3) is 5.91 Å². The Kier molecular flexibility index (Phi) is 6.14. The molecule has 2 unspecified atom stereocenters. The Labute approximate surface area is 185 Å². The molecule has 2 aromatic carbocycles. The number of hydrogen-bond acceptors (Lipinski definition) is 3. The van der Waals surface area contributed by atoms with Gasteiger partial charge in [-0.25, -0.2) is 4.98 Å². The molecule has 0 radical (unpaired) electrons. The van der Waals surface area contributed by atoms with Gasteiger partial charge in [-0.1, -0.05) is 41.4 Å². The first-order valence-corrected chi connectivity index (χ1v) is 10.8. The van der Waals surface area contributed by atoms with E-state index in [1.807, 2.05) is 47.9 Å². The molecular weight excluding hydrogens is 421 g/mol. The highest BCUT2D eigenvalue weighted by Crippen LogP contribution is 2.33. The molecule has 7 heteroatoms. The van der Waals surface area contributed by atoms with Gasteiger partial charge in [-0.3, -0.25) is 9.36 Å². The van der Waals surface area contributed by atoms with E-state index in [9.17, 15) is 9.90 Å². The first-order chi connectivity index (χ1) is 14.4. The van der Waals surface area contributed by atoms with Gasteiger partial charge in [-0.15, -0.1) is 0 Å². The third-order valence-corrected chi connectivity index (χ3v) is 6.04. The van der Waals surface area contributed by atoms with Gasteiger partial charge in [-0.2, -0.15) is 0 Å². The van der Waals surface area contributed by atoms with Crippen LogP contribution in [0.2, 0.25) is 10.0 Å². The number of aliphatic hydroxyl groups is 1. The topological polar surface area (TPSA) is 67.2 Å². The molecule has 1 aliphatic rings. The lowest BCUT2D eigenvalue weighted by molar-refractivity contribution is 0.0845. The Morgan fingerprint density at radius 2 is 1.93 bits per heavy atom. The van der Waals surface area contributed by atoms with E-state index in [-0.39, 0.29) is 18.1 Å². The summed E-state index contributed by atoms with van der Waals surface area (Å²) in [6.07, 6.45) is 2.75. The SMILES string of the molecule is Cc1c(C(=O)NC2CCCC(O)C2)nc(-c2ccc(Cl)cc2Cl)n1-c1ccccc1. The number of halogens is 2. The van der Waals surface area contributed by atoms with Crippen molar-refractivity contribution in [2.24, 2.45) is 0 Å². The zero-order valence-corrected chi connectivity index (χ0v) is 18.1. The monoisotopic (exact) mass is 443 g/mol. The molecule has 30 heavy (non-hydrogen) atoms. The van der Waals surface area contributed by atoms with Crippen molar-refractivity contribution in [3.8, 4) is 17.1 Å². The molecule has 1 amide bonds. The summed E-state index contributed by atoms with van der Waals surface area (Å²) in [6.45, 7) is 1.87. The first kappa shape index (κ1) is 20.9. The fourth-order valence-corrected chi connectivity index (χ4v) is 4.50. The van der Waals surface area contributed by atoms with Crippen LogP contribution in [0.5, 0.6) is 0 Å². The maximum absolute atomic E-state index is 13.1. The van der Waals surface area contributed by atoms with Crippen LogP contribution in [-0.4, -0.2) is 32.7 Å². The average Bonchev–Trinajstić information content (AvgIpc) is 3.05. The number of amides is 1. The van der Waals surface area contributed by atoms with E-state index in [2.05, 4.69) is 5.32 Å². The minimum absolute atomic E-state index is 0.0508. The van der Waals surface area contributed by atoms with E-state index < -0.39 is 0 Å². The van der Waals surface area contributed by atoms with Gasteiger partial charge in [-0.05, 0) is 62.9 Å². The number of para-hydroxylation sites is 1. The molecule has 0 bridgehead atoms. The van der Waals surface area contributed by atoms with Crippen LogP contribution in [-0.2, 0) is 0 Å². The minimum atomic E-state index is -0.365. The van der Waals surface area contributed by atoms with E-state index in [1.165, 1.54) is 0 Å². The molecule has 5 nitrogen and oxygen atoms in total. The van der Waals surface area contributed by atoms with Crippen molar-refractivity contribution in [1.82, 2.24) is 14.9 Å². The number of carbonyl (C=O) groups is 1. The van der Waals surface area contributed by atoms with E-state index >= 15 is 0 Å². The number of hydrogen-bond donors (Lipinski definition) is 2. The third-order valence-electron chi connectivity index (χ3n) is 5.49. The van der Waals surface area contributed by atoms with Crippen molar-refractivity contribution in [2.45, 2.75) is 44.8 Å². The van der Waals surface area contributed by atoms with E-state index in [0.717, 1.165) is 30.6 Å². The van der Waals surface area contributed by atoms with Crippen molar-refractivity contribution >= 4 is 29.1 Å². The largest absolute Gasteiger partial charge is 0.393 e. The maximum Gasteiger partial charge on any atom is 0.272 e. The number of aliphatic hydroxyl groups excluding tert-OH is 1. The lowest BCUT2D eigenvalue weighted by atomic mass is 9.93. The summed E-state index contributed by atoms with van der Waals surface area (Å²) in [5.74, 6) is 0.335. The lowest BCUT2D eigenvalue weighted by Crippen LogP contribution is -2.40. The summed E-state index contributed by atoms with van der Waals surface area (Å²) in [5.41, 5.74) is 2.65. The maximum atomic E-state index is 13.1. The molecule has 2 atom stereocenters. The van der Waals surface area contributed by atoms with Crippen LogP contribution in [0.15, 0.2) is 48.5 Å². The second-order valence-electron chi connectivity index (χ2n) is 7.66. The zero-order valence-electron chi connectivity index (χ0n) is 16.6. The molecule has 3 aromatic rings. The molecule has 0 saturated heterocycles. The van der Waals surface area contributed by atoms with Crippen LogP contribution in [0.25, 0.3) is 17.1 Å². The summed E-state index contributed by atoms with van der Waals surface area (Å²) in [6, 6.07) is 14.9. The summed E-state index contributed by atoms with van der Waals surface area (Å²) in [4.78, 5) is 17.8. The quantitative estimate of drug-likeness (QED) is 0.582. The standard InChI is InChI=1S/C23H23Cl2N3O2/c1-14-21(23(30)26-16-6-5-9-18(29)13-16)27-22(19-11-10-15(24)12-20(19)25)28(14)17-7-3-2-4-8-17/h2-4,7-8,10-12,16,18,29H,5-6,9,13H2,1H3,(H,26,30). The van der Waals surface area contributed by atoms with Crippen LogP contribution in [0, 0.1) is 6.92 Å². The molecule has 1 aromatic heterocycles. The summed E-state index contributed by atoms with van der Waals surface area (Å²) in [5, 5.41) is 14.0. The number of imidazole rings is 1. The van der Waals surface area contributed by atoms with Crippen molar-refractivity contribution in [3.63, 3.8) is 0 Å². The Hall–Kier alpha value is -2.34. The van der Waals surface area contributed by atoms with Crippen LogP contribution in [0.3, 0.4) is 0 Å². The van der Waals surface area contributed by atoms with Gasteiger partial charge < -0.3 is 10.4 Å². The number of nitrogens with zero attached hydrogens (tertiary/aromatic N) is 2. The number of carbonyl (C=O) groups excluding carboxylic acids is 1. The smallest absolute Gasteiger partial charge is 0.272 e. The summed E-state index contributed by atoms with van der Waals surface area (Å²) >= 11 is 12.5. The Morgan fingerprint density at radius 1 is 1.17 bits per heavy atom. The number of nitrogens with one attached hydrogen (secondary N) is 1. The van der Waals surface area contributed by atoms with Gasteiger partial charge in [0, 0.05) is 22.3 Å². The molecule has 156 valence electrons. The molecule has 2 N–H and O–H groups in total. The van der Waals surface area contributed by atoms with Gasteiger partial charge in [0.15, 0.2) is 0 Å². The van der Waals surface area contributed by atoms with Gasteiger partial charge >= 0.3 is 0 Å². The molecule has 0 aliphatic heterocycles. The number of benzene rings is 2. The fourth-order valence-electron chi connectivity index (χ4n) is 4.01. The highest BCUT2D eigenvalue weighted by molar-refractivity contribution is 6.36. The molecule has 4 rings (SSSR count). The Balaban J connectivity index is 1.77. The van der Waals surface area contributed by atoms with Gasteiger partial charge in [0.05, 0.1) is 16.8 Å². The summed E-state index contributed by atoms with van der Waals surface area (Å²) < 4.78 is 1.93. The van der Waals surface area contributed by atoms with Crippen molar-refractivity contribution in [3.05, 3.63) is 70.0 Å². The van der Waals surface area contributed by atoms with Crippen LogP contribution in [0.1, 0.15) is 41.9 Å². The highest BCUT2D eigenvalue weighted by Gasteiger charge is 2.26. The van der Waals surface area contributed by atoms with Gasteiger partial charge in [0.1, 0.15) is 11.5 Å². The highest BCUT2D eigenvalue weighted by atomic mass is 35.5. The van der Waals surface area contributed by atoms with Crippen LogP contribution >= 0.6 is 23.2 Å².